The zero-order valence-corrected chi connectivity index (χ0v) is 11.5. The molecule has 0 fully saturated rings. The van der Waals surface area contributed by atoms with E-state index in [1.54, 1.807) is 30.3 Å². The van der Waals surface area contributed by atoms with E-state index in [1.807, 2.05) is 5.32 Å². The first kappa shape index (κ1) is 15.0. The molecule has 2 amide bonds. The lowest BCUT2D eigenvalue weighted by Gasteiger charge is -2.06. The fraction of sp³-hybridized carbons (Fsp3) is 0.167. The molecule has 0 aliphatic carbocycles. The number of hydrogen-bond donors (Lipinski definition) is 3. The van der Waals surface area contributed by atoms with Crippen molar-refractivity contribution < 1.29 is 22.2 Å². The summed E-state index contributed by atoms with van der Waals surface area (Å²) in [6.45, 7) is -0.134. The molecule has 0 radical (unpaired) electrons. The molecule has 2 aromatic rings. The number of para-hydroxylation sites is 1. The smallest absolute Gasteiger partial charge is 0.341 e. The second-order valence-corrected chi connectivity index (χ2v) is 5.64. The third-order valence-corrected chi connectivity index (χ3v) is 3.08. The number of benzene rings is 1. The lowest BCUT2D eigenvalue weighted by molar-refractivity contribution is 0.241. The fourth-order valence-corrected chi connectivity index (χ4v) is 1.94. The Morgan fingerprint density at radius 2 is 1.95 bits per heavy atom. The lowest BCUT2D eigenvalue weighted by Crippen LogP contribution is -2.38. The molecule has 0 aliphatic rings. The van der Waals surface area contributed by atoms with Gasteiger partial charge in [-0.15, -0.1) is 0 Å². The number of urea groups is 1. The van der Waals surface area contributed by atoms with E-state index in [9.17, 15) is 18.0 Å². The SMILES string of the molecule is O=C(NCc1cc2ccccc2oc1=O)NCS(=O)(=O)O. The van der Waals surface area contributed by atoms with Crippen LogP contribution < -0.4 is 16.3 Å². The summed E-state index contributed by atoms with van der Waals surface area (Å²) in [4.78, 5) is 23.0. The standard InChI is InChI=1S/C12H12N2O6S/c15-11-9(5-8-3-1-2-4-10(8)20-11)6-13-12(16)14-7-21(17,18)19/h1-5H,6-7H2,(H2,13,14,16)(H,17,18,19). The van der Waals surface area contributed by atoms with Crippen molar-refractivity contribution in [1.29, 1.82) is 0 Å². The number of carbonyl (C=O) groups is 1. The van der Waals surface area contributed by atoms with Crippen LogP contribution in [0.25, 0.3) is 11.0 Å². The topological polar surface area (TPSA) is 126 Å². The Bertz CT molecular complexity index is 827. The highest BCUT2D eigenvalue weighted by Gasteiger charge is 2.09. The van der Waals surface area contributed by atoms with Gasteiger partial charge in [-0.3, -0.25) is 4.55 Å². The summed E-state index contributed by atoms with van der Waals surface area (Å²) in [6, 6.07) is 7.64. The van der Waals surface area contributed by atoms with Gasteiger partial charge in [0.2, 0.25) is 0 Å². The van der Waals surface area contributed by atoms with Gasteiger partial charge >= 0.3 is 11.7 Å². The molecule has 3 N–H and O–H groups in total. The maximum atomic E-state index is 11.7. The van der Waals surface area contributed by atoms with Crippen LogP contribution in [-0.2, 0) is 16.7 Å². The van der Waals surface area contributed by atoms with Crippen molar-refractivity contribution in [3.63, 3.8) is 0 Å². The molecular formula is C12H12N2O6S. The summed E-state index contributed by atoms with van der Waals surface area (Å²) in [5.41, 5.74) is 0.0570. The maximum absolute atomic E-state index is 11.7. The second kappa shape index (κ2) is 5.94. The molecule has 0 unspecified atom stereocenters. The molecule has 0 aliphatic heterocycles. The molecule has 8 nitrogen and oxygen atoms in total. The minimum absolute atomic E-state index is 0.134. The highest BCUT2D eigenvalue weighted by atomic mass is 32.2. The van der Waals surface area contributed by atoms with Gasteiger partial charge in [-0.25, -0.2) is 9.59 Å². The number of fused-ring (bicyclic) bond motifs is 1. The fourth-order valence-electron chi connectivity index (χ4n) is 1.62. The zero-order valence-electron chi connectivity index (χ0n) is 10.7. The van der Waals surface area contributed by atoms with Gasteiger partial charge < -0.3 is 15.1 Å². The van der Waals surface area contributed by atoms with E-state index in [0.717, 1.165) is 0 Å². The molecule has 1 heterocycles. The zero-order chi connectivity index (χ0) is 15.5. The maximum Gasteiger partial charge on any atom is 0.341 e. The number of carbonyl (C=O) groups excluding carboxylic acids is 1. The highest BCUT2D eigenvalue weighted by molar-refractivity contribution is 7.85. The first-order valence-electron chi connectivity index (χ1n) is 5.84. The largest absolute Gasteiger partial charge is 0.422 e. The van der Waals surface area contributed by atoms with Crippen molar-refractivity contribution in [3.8, 4) is 0 Å². The van der Waals surface area contributed by atoms with E-state index >= 15 is 0 Å². The van der Waals surface area contributed by atoms with Gasteiger partial charge in [0.1, 0.15) is 11.5 Å². The van der Waals surface area contributed by atoms with Crippen LogP contribution >= 0.6 is 0 Å². The third-order valence-electron chi connectivity index (χ3n) is 2.57. The summed E-state index contributed by atoms with van der Waals surface area (Å²) in [7, 11) is -4.29. The Labute approximate surface area is 119 Å². The van der Waals surface area contributed by atoms with E-state index < -0.39 is 27.7 Å². The minimum Gasteiger partial charge on any atom is -0.422 e. The van der Waals surface area contributed by atoms with Crippen LogP contribution in [-0.4, -0.2) is 24.9 Å². The normalized spacial score (nSPS) is 11.3. The van der Waals surface area contributed by atoms with Gasteiger partial charge in [-0.05, 0) is 12.1 Å². The first-order chi connectivity index (χ1) is 9.85. The van der Waals surface area contributed by atoms with Gasteiger partial charge in [0.25, 0.3) is 10.1 Å². The van der Waals surface area contributed by atoms with Crippen molar-refractivity contribution >= 4 is 27.1 Å². The van der Waals surface area contributed by atoms with Crippen molar-refractivity contribution in [1.82, 2.24) is 10.6 Å². The number of rotatable bonds is 4. The monoisotopic (exact) mass is 312 g/mol. The molecule has 0 atom stereocenters. The van der Waals surface area contributed by atoms with Gasteiger partial charge in [0.15, 0.2) is 0 Å². The predicted octanol–water partition coefficient (Wildman–Crippen LogP) is 0.438. The van der Waals surface area contributed by atoms with Crippen molar-refractivity contribution in [2.75, 3.05) is 5.88 Å². The van der Waals surface area contributed by atoms with E-state index in [-0.39, 0.29) is 12.1 Å². The molecule has 2 rings (SSSR count). The molecular weight excluding hydrogens is 300 g/mol. The Balaban J connectivity index is 2.05. The van der Waals surface area contributed by atoms with Gasteiger partial charge in [-0.2, -0.15) is 8.42 Å². The van der Waals surface area contributed by atoms with Crippen LogP contribution in [0.3, 0.4) is 0 Å². The van der Waals surface area contributed by atoms with E-state index in [0.29, 0.717) is 11.0 Å². The summed E-state index contributed by atoms with van der Waals surface area (Å²) in [5, 5.41) is 4.92. The van der Waals surface area contributed by atoms with Crippen LogP contribution in [0, 0.1) is 0 Å². The number of nitrogens with one attached hydrogen (secondary N) is 2. The highest BCUT2D eigenvalue weighted by Crippen LogP contribution is 2.12. The number of hydrogen-bond acceptors (Lipinski definition) is 5. The molecule has 1 aromatic heterocycles. The van der Waals surface area contributed by atoms with E-state index in [2.05, 4.69) is 5.32 Å². The van der Waals surface area contributed by atoms with E-state index in [4.69, 9.17) is 8.97 Å². The van der Waals surface area contributed by atoms with Gasteiger partial charge in [0.05, 0.1) is 12.1 Å². The summed E-state index contributed by atoms with van der Waals surface area (Å²) >= 11 is 0. The molecule has 0 bridgehead atoms. The van der Waals surface area contributed by atoms with Gasteiger partial charge in [-0.1, -0.05) is 18.2 Å². The molecule has 0 spiro atoms. The Hall–Kier alpha value is -2.39. The van der Waals surface area contributed by atoms with Gasteiger partial charge in [0, 0.05) is 5.39 Å². The summed E-state index contributed by atoms with van der Waals surface area (Å²) in [5.74, 6) is -0.912. The molecule has 0 saturated heterocycles. The van der Waals surface area contributed by atoms with Crippen LogP contribution in [0.1, 0.15) is 5.56 Å². The third kappa shape index (κ3) is 4.29. The lowest BCUT2D eigenvalue weighted by atomic mass is 10.2. The quantitative estimate of drug-likeness (QED) is 0.555. The average molecular weight is 312 g/mol. The van der Waals surface area contributed by atoms with Crippen molar-refractivity contribution in [3.05, 3.63) is 46.3 Å². The molecule has 0 saturated carbocycles. The van der Waals surface area contributed by atoms with Crippen molar-refractivity contribution in [2.45, 2.75) is 6.54 Å². The predicted molar refractivity (Wildman–Crippen MR) is 74.3 cm³/mol. The summed E-state index contributed by atoms with van der Waals surface area (Å²) < 4.78 is 34.5. The van der Waals surface area contributed by atoms with Crippen LogP contribution in [0.4, 0.5) is 4.79 Å². The second-order valence-electron chi connectivity index (χ2n) is 4.18. The number of amides is 2. The van der Waals surface area contributed by atoms with Crippen LogP contribution in [0.5, 0.6) is 0 Å². The Morgan fingerprint density at radius 1 is 1.24 bits per heavy atom. The Morgan fingerprint density at radius 3 is 2.67 bits per heavy atom. The Kier molecular flexibility index (Phi) is 4.24. The first-order valence-corrected chi connectivity index (χ1v) is 7.45. The molecule has 1 aromatic carbocycles. The molecule has 9 heteroatoms. The molecule has 21 heavy (non-hydrogen) atoms. The van der Waals surface area contributed by atoms with Crippen LogP contribution in [0.2, 0.25) is 0 Å². The van der Waals surface area contributed by atoms with Crippen molar-refractivity contribution in [2.24, 2.45) is 0 Å². The van der Waals surface area contributed by atoms with E-state index in [1.165, 1.54) is 0 Å². The van der Waals surface area contributed by atoms with Crippen LogP contribution in [0.15, 0.2) is 39.5 Å². The molecule has 112 valence electrons. The average Bonchev–Trinajstić information content (AvgIpc) is 2.42. The summed E-state index contributed by atoms with van der Waals surface area (Å²) in [6.07, 6.45) is 0. The minimum atomic E-state index is -4.29.